The summed E-state index contributed by atoms with van der Waals surface area (Å²) in [6.07, 6.45) is 0.867. The molecule has 0 aliphatic carbocycles. The van der Waals surface area contributed by atoms with Crippen LogP contribution in [0, 0.1) is 10.1 Å². The highest BCUT2D eigenvalue weighted by Gasteiger charge is 2.20. The number of nitrogens with two attached hydrogens (primary N) is 1. The number of nitrogens with one attached hydrogen (secondary N) is 1. The molecule has 0 aliphatic heterocycles. The number of rotatable bonds is 7. The number of primary amides is 1. The van der Waals surface area contributed by atoms with E-state index in [-0.39, 0.29) is 11.1 Å². The summed E-state index contributed by atoms with van der Waals surface area (Å²) in [4.78, 5) is 21.4. The van der Waals surface area contributed by atoms with Gasteiger partial charge in [-0.05, 0) is 42.0 Å². The van der Waals surface area contributed by atoms with Gasteiger partial charge in [0.25, 0.3) is 5.69 Å². The van der Waals surface area contributed by atoms with Gasteiger partial charge in [0.05, 0.1) is 4.92 Å². The van der Waals surface area contributed by atoms with Gasteiger partial charge < -0.3 is 15.8 Å². The van der Waals surface area contributed by atoms with Crippen LogP contribution in [0.4, 0.5) is 16.2 Å². The van der Waals surface area contributed by atoms with Gasteiger partial charge in [-0.2, -0.15) is 0 Å². The smallest absolute Gasteiger partial charge is 0.409 e. The van der Waals surface area contributed by atoms with Crippen molar-refractivity contribution in [3.8, 4) is 5.75 Å². The average Bonchev–Trinajstić information content (AvgIpc) is 2.58. The van der Waals surface area contributed by atoms with E-state index in [2.05, 4.69) is 5.32 Å². The van der Waals surface area contributed by atoms with Crippen LogP contribution in [0.5, 0.6) is 5.75 Å². The number of anilines is 1. The number of non-ortho nitro benzene ring substituents is 1. The highest BCUT2D eigenvalue weighted by atomic mass is 16.6. The number of carbonyl (C=O) groups excluding carboxylic acids is 1. The van der Waals surface area contributed by atoms with Gasteiger partial charge in [0, 0.05) is 29.9 Å². The second-order valence-corrected chi connectivity index (χ2v) is 7.34. The van der Waals surface area contributed by atoms with Gasteiger partial charge >= 0.3 is 6.09 Å². The molecule has 0 bridgehead atoms. The molecule has 0 radical (unpaired) electrons. The number of carbonyl (C=O) groups is 1. The number of amides is 1. The molecule has 0 spiro atoms. The molecule has 2 rings (SSSR count). The number of nitro benzene ring substituents is 1. The third kappa shape index (κ3) is 5.99. The number of nitrogens with zero attached hydrogens (tertiary/aromatic N) is 1. The van der Waals surface area contributed by atoms with Crippen molar-refractivity contribution in [3.63, 3.8) is 0 Å². The molecular formula is C20H25N3O4. The summed E-state index contributed by atoms with van der Waals surface area (Å²) >= 11 is 0. The summed E-state index contributed by atoms with van der Waals surface area (Å²) in [7, 11) is 0. The Balaban J connectivity index is 1.95. The van der Waals surface area contributed by atoms with Crippen molar-refractivity contribution in [1.82, 2.24) is 0 Å². The van der Waals surface area contributed by atoms with Gasteiger partial charge in [-0.15, -0.1) is 0 Å². The van der Waals surface area contributed by atoms with Crippen LogP contribution in [0.25, 0.3) is 0 Å². The quantitative estimate of drug-likeness (QED) is 0.426. The fourth-order valence-electron chi connectivity index (χ4n) is 2.73. The molecule has 0 atom stereocenters. The lowest BCUT2D eigenvalue weighted by Crippen LogP contribution is -2.20. The fraction of sp³-hybridized carbons (Fsp3) is 0.350. The lowest BCUT2D eigenvalue weighted by atomic mass is 9.86. The van der Waals surface area contributed by atoms with E-state index in [0.717, 1.165) is 36.2 Å². The Kier molecular flexibility index (Phi) is 6.39. The van der Waals surface area contributed by atoms with Crippen LogP contribution in [0.15, 0.2) is 42.5 Å². The van der Waals surface area contributed by atoms with E-state index in [1.807, 2.05) is 32.9 Å². The van der Waals surface area contributed by atoms with Crippen LogP contribution in [0.3, 0.4) is 0 Å². The second-order valence-electron chi connectivity index (χ2n) is 7.34. The Hall–Kier alpha value is -3.09. The van der Waals surface area contributed by atoms with Crippen LogP contribution in [0.1, 0.15) is 38.3 Å². The number of aryl methyl sites for hydroxylation is 1. The van der Waals surface area contributed by atoms with Gasteiger partial charge in [0.15, 0.2) is 0 Å². The van der Waals surface area contributed by atoms with Crippen molar-refractivity contribution in [3.05, 3.63) is 63.7 Å². The predicted molar refractivity (Wildman–Crippen MR) is 105 cm³/mol. The Morgan fingerprint density at radius 3 is 2.41 bits per heavy atom. The van der Waals surface area contributed by atoms with Crippen molar-refractivity contribution in [2.45, 2.75) is 39.0 Å². The average molecular weight is 371 g/mol. The van der Waals surface area contributed by atoms with Crippen molar-refractivity contribution in [2.24, 2.45) is 5.73 Å². The van der Waals surface area contributed by atoms with Crippen LogP contribution >= 0.6 is 0 Å². The van der Waals surface area contributed by atoms with E-state index in [0.29, 0.717) is 5.75 Å². The van der Waals surface area contributed by atoms with Crippen LogP contribution < -0.4 is 15.8 Å². The topological polar surface area (TPSA) is 107 Å². The Morgan fingerprint density at radius 2 is 1.85 bits per heavy atom. The fourth-order valence-corrected chi connectivity index (χ4v) is 2.73. The summed E-state index contributed by atoms with van der Waals surface area (Å²) < 4.78 is 5.10. The SMILES string of the molecule is CC(C)(C)c1cc(NCCCc2ccc([N+](=O)[O-])cc2)ccc1OC(N)=O. The maximum atomic E-state index is 11.1. The molecule has 0 fully saturated rings. The first-order valence-corrected chi connectivity index (χ1v) is 8.76. The third-order valence-electron chi connectivity index (χ3n) is 4.12. The van der Waals surface area contributed by atoms with Crippen LogP contribution in [-0.2, 0) is 11.8 Å². The van der Waals surface area contributed by atoms with Gasteiger partial charge in [-0.1, -0.05) is 32.9 Å². The molecule has 0 aromatic heterocycles. The highest BCUT2D eigenvalue weighted by molar-refractivity contribution is 5.69. The van der Waals surface area contributed by atoms with Crippen molar-refractivity contribution < 1.29 is 14.5 Å². The maximum absolute atomic E-state index is 11.1. The zero-order chi connectivity index (χ0) is 20.0. The molecule has 0 saturated heterocycles. The summed E-state index contributed by atoms with van der Waals surface area (Å²) in [5.74, 6) is 0.464. The minimum absolute atomic E-state index is 0.102. The van der Waals surface area contributed by atoms with E-state index in [1.54, 1.807) is 18.2 Å². The van der Waals surface area contributed by atoms with Gasteiger partial charge in [0.1, 0.15) is 5.75 Å². The minimum atomic E-state index is -0.829. The second kappa shape index (κ2) is 8.53. The van der Waals surface area contributed by atoms with Gasteiger partial charge in [-0.25, -0.2) is 4.79 Å². The molecule has 144 valence electrons. The molecule has 3 N–H and O–H groups in total. The number of benzene rings is 2. The first-order chi connectivity index (χ1) is 12.7. The Bertz CT molecular complexity index is 811. The van der Waals surface area contributed by atoms with E-state index in [1.165, 1.54) is 12.1 Å². The van der Waals surface area contributed by atoms with Crippen LogP contribution in [-0.4, -0.2) is 17.6 Å². The standard InChI is InChI=1S/C20H25N3O4/c1-20(2,3)17-13-15(8-11-18(17)27-19(21)24)22-12-4-5-14-6-9-16(10-7-14)23(25)26/h6-11,13,22H,4-5,12H2,1-3H3,(H2,21,24). The summed E-state index contributed by atoms with van der Waals surface area (Å²) in [5, 5.41) is 14.0. The zero-order valence-corrected chi connectivity index (χ0v) is 15.8. The van der Waals surface area contributed by atoms with Gasteiger partial charge in [0.2, 0.25) is 0 Å². The highest BCUT2D eigenvalue weighted by Crippen LogP contribution is 2.33. The molecule has 2 aromatic carbocycles. The third-order valence-corrected chi connectivity index (χ3v) is 4.12. The Morgan fingerprint density at radius 1 is 1.19 bits per heavy atom. The predicted octanol–water partition coefficient (Wildman–Crippen LogP) is 4.39. The molecule has 0 unspecified atom stereocenters. The summed E-state index contributed by atoms with van der Waals surface area (Å²) in [6.45, 7) is 6.86. The number of nitro groups is 1. The van der Waals surface area contributed by atoms with Crippen molar-refractivity contribution in [2.75, 3.05) is 11.9 Å². The molecule has 7 heteroatoms. The zero-order valence-electron chi connectivity index (χ0n) is 15.8. The molecule has 27 heavy (non-hydrogen) atoms. The summed E-state index contributed by atoms with van der Waals surface area (Å²) in [6, 6.07) is 12.2. The van der Waals surface area contributed by atoms with E-state index in [9.17, 15) is 14.9 Å². The molecule has 2 aromatic rings. The Labute approximate surface area is 158 Å². The van der Waals surface area contributed by atoms with E-state index >= 15 is 0 Å². The maximum Gasteiger partial charge on any atom is 0.409 e. The monoisotopic (exact) mass is 371 g/mol. The minimum Gasteiger partial charge on any atom is -0.410 e. The van der Waals surface area contributed by atoms with Crippen molar-refractivity contribution >= 4 is 17.5 Å². The number of hydrogen-bond donors (Lipinski definition) is 2. The molecule has 0 heterocycles. The molecule has 0 aliphatic rings. The van der Waals surface area contributed by atoms with E-state index in [4.69, 9.17) is 10.5 Å². The molecule has 0 saturated carbocycles. The number of hydrogen-bond acceptors (Lipinski definition) is 5. The van der Waals surface area contributed by atoms with Crippen molar-refractivity contribution in [1.29, 1.82) is 0 Å². The lowest BCUT2D eigenvalue weighted by Gasteiger charge is -2.23. The lowest BCUT2D eigenvalue weighted by molar-refractivity contribution is -0.384. The normalized spacial score (nSPS) is 11.1. The molecular weight excluding hydrogens is 346 g/mol. The number of ether oxygens (including phenoxy) is 1. The first kappa shape index (κ1) is 20.2. The van der Waals surface area contributed by atoms with Crippen LogP contribution in [0.2, 0.25) is 0 Å². The largest absolute Gasteiger partial charge is 0.410 e. The summed E-state index contributed by atoms with van der Waals surface area (Å²) in [5.41, 5.74) is 7.91. The first-order valence-electron chi connectivity index (χ1n) is 8.76. The molecule has 7 nitrogen and oxygen atoms in total. The van der Waals surface area contributed by atoms with Gasteiger partial charge in [-0.3, -0.25) is 10.1 Å². The van der Waals surface area contributed by atoms with E-state index < -0.39 is 11.0 Å². The molecule has 1 amide bonds.